The summed E-state index contributed by atoms with van der Waals surface area (Å²) in [6, 6.07) is 48.0. The monoisotopic (exact) mass is 573 g/mol. The minimum absolute atomic E-state index is 0.0350. The molecule has 0 unspecified atom stereocenters. The van der Waals surface area contributed by atoms with Crippen molar-refractivity contribution < 1.29 is 4.42 Å². The molecule has 6 aromatic carbocycles. The number of thiophene rings is 1. The zero-order valence-corrected chi connectivity index (χ0v) is 25.3. The summed E-state index contributed by atoms with van der Waals surface area (Å²) in [5.74, 6) is 0. The highest BCUT2D eigenvalue weighted by molar-refractivity contribution is 7.25. The van der Waals surface area contributed by atoms with Crippen LogP contribution in [0.25, 0.3) is 53.2 Å². The van der Waals surface area contributed by atoms with Gasteiger partial charge in [0.15, 0.2) is 5.58 Å². The van der Waals surface area contributed by atoms with E-state index in [0.29, 0.717) is 0 Å². The smallest absolute Gasteiger partial charge is 0.159 e. The van der Waals surface area contributed by atoms with Gasteiger partial charge in [0.1, 0.15) is 5.58 Å². The number of fused-ring (bicyclic) bond motifs is 6. The third-order valence-electron chi connectivity index (χ3n) is 8.41. The van der Waals surface area contributed by atoms with Gasteiger partial charge in [-0.15, -0.1) is 11.3 Å². The standard InChI is InChI=1S/C40H31NOS/c1-40(2,3)34-16-9-14-32-33-15-10-17-35(39(33)42-38(32)34)41(28-21-19-27(20-22-28)26-11-5-4-6-12-26)29-23-24-31-30-13-7-8-18-36(30)43-37(31)25-29/h4-25H,1-3H3. The molecular weight excluding hydrogens is 543 g/mol. The van der Waals surface area contributed by atoms with Crippen LogP contribution < -0.4 is 4.90 Å². The lowest BCUT2D eigenvalue weighted by Crippen LogP contribution is -2.11. The van der Waals surface area contributed by atoms with Gasteiger partial charge >= 0.3 is 0 Å². The van der Waals surface area contributed by atoms with Crippen LogP contribution in [0, 0.1) is 0 Å². The summed E-state index contributed by atoms with van der Waals surface area (Å²) in [4.78, 5) is 2.35. The number of benzene rings is 6. The number of rotatable bonds is 4. The van der Waals surface area contributed by atoms with Crippen LogP contribution in [0.2, 0.25) is 0 Å². The molecule has 3 heteroatoms. The molecule has 0 amide bonds. The van der Waals surface area contributed by atoms with Crippen LogP contribution in [0.5, 0.6) is 0 Å². The molecule has 0 spiro atoms. The zero-order chi connectivity index (χ0) is 29.1. The molecule has 0 atom stereocenters. The van der Waals surface area contributed by atoms with E-state index in [-0.39, 0.29) is 5.41 Å². The molecule has 0 aliphatic heterocycles. The largest absolute Gasteiger partial charge is 0.454 e. The molecule has 0 N–H and O–H groups in total. The van der Waals surface area contributed by atoms with E-state index in [9.17, 15) is 0 Å². The predicted octanol–water partition coefficient (Wildman–Crippen LogP) is 12.4. The minimum Gasteiger partial charge on any atom is -0.454 e. The van der Waals surface area contributed by atoms with Crippen LogP contribution in [-0.4, -0.2) is 0 Å². The maximum Gasteiger partial charge on any atom is 0.159 e. The summed E-state index contributed by atoms with van der Waals surface area (Å²) in [5.41, 5.74) is 8.68. The molecule has 208 valence electrons. The first-order valence-electron chi connectivity index (χ1n) is 14.8. The Bertz CT molecular complexity index is 2270. The third kappa shape index (κ3) is 4.31. The van der Waals surface area contributed by atoms with Crippen LogP contribution in [0.15, 0.2) is 138 Å². The third-order valence-corrected chi connectivity index (χ3v) is 9.54. The Morgan fingerprint density at radius 3 is 1.93 bits per heavy atom. The fourth-order valence-corrected chi connectivity index (χ4v) is 7.43. The molecule has 2 nitrogen and oxygen atoms in total. The van der Waals surface area contributed by atoms with Crippen molar-refractivity contribution in [3.05, 3.63) is 139 Å². The number of hydrogen-bond donors (Lipinski definition) is 0. The second kappa shape index (κ2) is 9.86. The van der Waals surface area contributed by atoms with Crippen molar-refractivity contribution in [1.29, 1.82) is 0 Å². The van der Waals surface area contributed by atoms with Gasteiger partial charge in [0.05, 0.1) is 5.69 Å². The van der Waals surface area contributed by atoms with Crippen molar-refractivity contribution in [3.63, 3.8) is 0 Å². The van der Waals surface area contributed by atoms with E-state index in [4.69, 9.17) is 4.42 Å². The number of furan rings is 1. The lowest BCUT2D eigenvalue weighted by atomic mass is 9.86. The molecule has 0 fully saturated rings. The van der Waals surface area contributed by atoms with E-state index >= 15 is 0 Å². The SMILES string of the molecule is CC(C)(C)c1cccc2c1oc1c(N(c3ccc(-c4ccccc4)cc3)c3ccc4c(c3)sc3ccccc34)cccc12. The summed E-state index contributed by atoms with van der Waals surface area (Å²) in [6.45, 7) is 6.74. The maximum atomic E-state index is 6.85. The lowest BCUT2D eigenvalue weighted by molar-refractivity contribution is 0.573. The Hall–Kier alpha value is -4.86. The van der Waals surface area contributed by atoms with Crippen LogP contribution in [0.4, 0.5) is 17.1 Å². The molecule has 0 saturated heterocycles. The van der Waals surface area contributed by atoms with E-state index in [1.165, 1.54) is 36.9 Å². The van der Waals surface area contributed by atoms with Crippen LogP contribution >= 0.6 is 11.3 Å². The van der Waals surface area contributed by atoms with Crippen molar-refractivity contribution in [3.8, 4) is 11.1 Å². The Morgan fingerprint density at radius 2 is 1.14 bits per heavy atom. The summed E-state index contributed by atoms with van der Waals surface area (Å²) in [7, 11) is 0. The average molecular weight is 574 g/mol. The molecule has 2 heterocycles. The first-order valence-corrected chi connectivity index (χ1v) is 15.6. The van der Waals surface area contributed by atoms with E-state index in [1.54, 1.807) is 0 Å². The number of nitrogens with zero attached hydrogens (tertiary/aromatic N) is 1. The molecule has 43 heavy (non-hydrogen) atoms. The highest BCUT2D eigenvalue weighted by Crippen LogP contribution is 2.45. The normalized spacial score (nSPS) is 12.1. The fourth-order valence-electron chi connectivity index (χ4n) is 6.29. The second-order valence-corrected chi connectivity index (χ2v) is 13.3. The predicted molar refractivity (Wildman–Crippen MR) is 185 cm³/mol. The number of anilines is 3. The Balaban J connectivity index is 1.37. The van der Waals surface area contributed by atoms with Crippen LogP contribution in [0.1, 0.15) is 26.3 Å². The van der Waals surface area contributed by atoms with Crippen molar-refractivity contribution in [1.82, 2.24) is 0 Å². The highest BCUT2D eigenvalue weighted by atomic mass is 32.1. The Kier molecular flexibility index (Phi) is 5.92. The Labute approximate surface area is 255 Å². The van der Waals surface area contributed by atoms with Gasteiger partial charge in [0, 0.05) is 47.9 Å². The van der Waals surface area contributed by atoms with Gasteiger partial charge in [0.25, 0.3) is 0 Å². The van der Waals surface area contributed by atoms with E-state index in [1.807, 2.05) is 11.3 Å². The molecule has 0 aliphatic carbocycles. The van der Waals surface area contributed by atoms with Crippen LogP contribution in [0.3, 0.4) is 0 Å². The van der Waals surface area contributed by atoms with Gasteiger partial charge in [-0.2, -0.15) is 0 Å². The quantitative estimate of drug-likeness (QED) is 0.208. The fraction of sp³-hybridized carbons (Fsp3) is 0.100. The molecule has 0 bridgehead atoms. The summed E-state index contributed by atoms with van der Waals surface area (Å²) in [5, 5.41) is 4.89. The Morgan fingerprint density at radius 1 is 0.512 bits per heavy atom. The minimum atomic E-state index is -0.0350. The number of para-hydroxylation sites is 2. The molecule has 0 radical (unpaired) electrons. The highest BCUT2D eigenvalue weighted by Gasteiger charge is 2.24. The van der Waals surface area contributed by atoms with E-state index < -0.39 is 0 Å². The molecular formula is C40H31NOS. The molecule has 8 rings (SSSR count). The van der Waals surface area contributed by atoms with Gasteiger partial charge in [-0.3, -0.25) is 0 Å². The first-order chi connectivity index (χ1) is 21.0. The van der Waals surface area contributed by atoms with E-state index in [2.05, 4.69) is 159 Å². The summed E-state index contributed by atoms with van der Waals surface area (Å²) < 4.78 is 9.44. The lowest BCUT2D eigenvalue weighted by Gasteiger charge is -2.26. The van der Waals surface area contributed by atoms with Crippen molar-refractivity contribution in [2.75, 3.05) is 4.90 Å². The first kappa shape index (κ1) is 25.8. The second-order valence-electron chi connectivity index (χ2n) is 12.2. The van der Waals surface area contributed by atoms with Gasteiger partial charge in [-0.05, 0) is 52.9 Å². The molecule has 2 aromatic heterocycles. The molecule has 8 aromatic rings. The van der Waals surface area contributed by atoms with Gasteiger partial charge < -0.3 is 9.32 Å². The maximum absolute atomic E-state index is 6.85. The number of hydrogen-bond acceptors (Lipinski definition) is 3. The summed E-state index contributed by atoms with van der Waals surface area (Å²) >= 11 is 1.85. The topological polar surface area (TPSA) is 16.4 Å². The zero-order valence-electron chi connectivity index (χ0n) is 24.5. The van der Waals surface area contributed by atoms with Crippen molar-refractivity contribution in [2.45, 2.75) is 26.2 Å². The van der Waals surface area contributed by atoms with Crippen LogP contribution in [-0.2, 0) is 5.41 Å². The summed E-state index contributed by atoms with van der Waals surface area (Å²) in [6.07, 6.45) is 0. The van der Waals surface area contributed by atoms with Gasteiger partial charge in [-0.25, -0.2) is 0 Å². The van der Waals surface area contributed by atoms with Crippen molar-refractivity contribution >= 4 is 70.5 Å². The molecule has 0 aliphatic rings. The van der Waals surface area contributed by atoms with Gasteiger partial charge in [0.2, 0.25) is 0 Å². The van der Waals surface area contributed by atoms with Crippen molar-refractivity contribution in [2.24, 2.45) is 0 Å². The average Bonchev–Trinajstić information content (AvgIpc) is 3.60. The van der Waals surface area contributed by atoms with E-state index in [0.717, 1.165) is 39.0 Å². The van der Waals surface area contributed by atoms with Gasteiger partial charge in [-0.1, -0.05) is 118 Å². The molecule has 0 saturated carbocycles.